The average Bonchev–Trinajstić information content (AvgIpc) is 2.44. The smallest absolute Gasteiger partial charge is 0.307 e. The van der Waals surface area contributed by atoms with Crippen molar-refractivity contribution in [1.82, 2.24) is 14.5 Å². The van der Waals surface area contributed by atoms with E-state index in [1.807, 2.05) is 0 Å². The third-order valence-electron chi connectivity index (χ3n) is 3.20. The lowest BCUT2D eigenvalue weighted by atomic mass is 10.2. The molecule has 1 aromatic heterocycles. The quantitative estimate of drug-likeness (QED) is 0.886. The van der Waals surface area contributed by atoms with Crippen LogP contribution in [0.5, 0.6) is 0 Å². The molecular formula is C14H16FN3O2. The maximum Gasteiger partial charge on any atom is 0.330 e. The zero-order valence-corrected chi connectivity index (χ0v) is 11.4. The number of benzene rings is 1. The van der Waals surface area contributed by atoms with Crippen molar-refractivity contribution in [2.24, 2.45) is 14.1 Å². The summed E-state index contributed by atoms with van der Waals surface area (Å²) in [6.45, 7) is 0.645. The van der Waals surface area contributed by atoms with E-state index >= 15 is 0 Å². The number of hydrogen-bond acceptors (Lipinski definition) is 3. The normalized spacial score (nSPS) is 10.8. The van der Waals surface area contributed by atoms with Crippen molar-refractivity contribution < 1.29 is 4.39 Å². The zero-order chi connectivity index (χ0) is 14.7. The van der Waals surface area contributed by atoms with E-state index < -0.39 is 0 Å². The van der Waals surface area contributed by atoms with Gasteiger partial charge in [0.2, 0.25) is 0 Å². The monoisotopic (exact) mass is 277 g/mol. The van der Waals surface area contributed by atoms with Gasteiger partial charge in [0.15, 0.2) is 0 Å². The van der Waals surface area contributed by atoms with Gasteiger partial charge in [-0.25, -0.2) is 9.18 Å². The van der Waals surface area contributed by atoms with Crippen molar-refractivity contribution in [1.29, 1.82) is 0 Å². The van der Waals surface area contributed by atoms with E-state index in [9.17, 15) is 14.0 Å². The van der Waals surface area contributed by atoms with E-state index in [0.29, 0.717) is 24.3 Å². The Bertz CT molecular complexity index is 734. The standard InChI is InChI=1S/C14H16FN3O2/c1-17-11(7-13(19)18(2)14(17)20)9-16-8-10-5-3-4-6-12(10)15/h3-7,16H,8-9H2,1-2H3. The van der Waals surface area contributed by atoms with Gasteiger partial charge in [-0.2, -0.15) is 0 Å². The Morgan fingerprint density at radius 3 is 2.50 bits per heavy atom. The van der Waals surface area contributed by atoms with Gasteiger partial charge in [-0.3, -0.25) is 13.9 Å². The van der Waals surface area contributed by atoms with Crippen LogP contribution < -0.4 is 16.6 Å². The highest BCUT2D eigenvalue weighted by atomic mass is 19.1. The third-order valence-corrected chi connectivity index (χ3v) is 3.20. The number of nitrogens with zero attached hydrogens (tertiary/aromatic N) is 2. The van der Waals surface area contributed by atoms with Gasteiger partial charge >= 0.3 is 5.69 Å². The first kappa shape index (κ1) is 14.2. The lowest BCUT2D eigenvalue weighted by Gasteiger charge is -2.10. The molecule has 0 aliphatic rings. The van der Waals surface area contributed by atoms with Crippen molar-refractivity contribution in [2.45, 2.75) is 13.1 Å². The van der Waals surface area contributed by atoms with Crippen molar-refractivity contribution in [3.63, 3.8) is 0 Å². The minimum Gasteiger partial charge on any atom is -0.307 e. The first-order valence-corrected chi connectivity index (χ1v) is 6.20. The highest BCUT2D eigenvalue weighted by Crippen LogP contribution is 2.05. The molecule has 20 heavy (non-hydrogen) atoms. The molecule has 2 aromatic rings. The van der Waals surface area contributed by atoms with Crippen LogP contribution in [0.25, 0.3) is 0 Å². The summed E-state index contributed by atoms with van der Waals surface area (Å²) in [4.78, 5) is 23.3. The molecule has 0 radical (unpaired) electrons. The van der Waals surface area contributed by atoms with E-state index in [1.165, 1.54) is 23.7 Å². The molecule has 0 amide bonds. The molecule has 0 spiro atoms. The molecule has 1 heterocycles. The van der Waals surface area contributed by atoms with Gasteiger partial charge in [0.25, 0.3) is 5.56 Å². The van der Waals surface area contributed by atoms with E-state index in [2.05, 4.69) is 5.32 Å². The Morgan fingerprint density at radius 2 is 1.80 bits per heavy atom. The molecule has 0 bridgehead atoms. The Morgan fingerprint density at radius 1 is 1.10 bits per heavy atom. The van der Waals surface area contributed by atoms with Crippen LogP contribution >= 0.6 is 0 Å². The highest BCUT2D eigenvalue weighted by Gasteiger charge is 2.06. The average molecular weight is 277 g/mol. The number of rotatable bonds is 4. The second-order valence-electron chi connectivity index (χ2n) is 4.57. The zero-order valence-electron chi connectivity index (χ0n) is 11.4. The molecular weight excluding hydrogens is 261 g/mol. The Labute approximate surface area is 115 Å². The fraction of sp³-hybridized carbons (Fsp3) is 0.286. The molecule has 2 rings (SSSR count). The fourth-order valence-corrected chi connectivity index (χ4v) is 1.91. The van der Waals surface area contributed by atoms with Crippen LogP contribution in [0.3, 0.4) is 0 Å². The number of hydrogen-bond donors (Lipinski definition) is 1. The van der Waals surface area contributed by atoms with Gasteiger partial charge in [0.1, 0.15) is 5.82 Å². The molecule has 6 heteroatoms. The molecule has 1 N–H and O–H groups in total. The molecule has 1 aromatic carbocycles. The van der Waals surface area contributed by atoms with Gasteiger partial charge in [-0.1, -0.05) is 18.2 Å². The van der Waals surface area contributed by atoms with Crippen LogP contribution in [0, 0.1) is 5.82 Å². The first-order chi connectivity index (χ1) is 9.50. The molecule has 0 fully saturated rings. The number of nitrogens with one attached hydrogen (secondary N) is 1. The summed E-state index contributed by atoms with van der Waals surface area (Å²) in [6, 6.07) is 7.86. The van der Waals surface area contributed by atoms with Gasteiger partial charge in [-0.05, 0) is 6.07 Å². The minimum atomic E-state index is -0.375. The van der Waals surface area contributed by atoms with Crippen LogP contribution in [-0.4, -0.2) is 9.13 Å². The Kier molecular flexibility index (Phi) is 4.14. The van der Waals surface area contributed by atoms with Crippen molar-refractivity contribution in [2.75, 3.05) is 0 Å². The van der Waals surface area contributed by atoms with E-state index in [0.717, 1.165) is 4.57 Å². The van der Waals surface area contributed by atoms with E-state index in [-0.39, 0.29) is 17.1 Å². The maximum absolute atomic E-state index is 13.4. The predicted molar refractivity (Wildman–Crippen MR) is 73.9 cm³/mol. The second kappa shape index (κ2) is 5.83. The van der Waals surface area contributed by atoms with Gasteiger partial charge in [0, 0.05) is 44.5 Å². The van der Waals surface area contributed by atoms with Crippen LogP contribution in [0.15, 0.2) is 39.9 Å². The van der Waals surface area contributed by atoms with Crippen LogP contribution in [0.2, 0.25) is 0 Å². The van der Waals surface area contributed by atoms with Crippen LogP contribution in [0.4, 0.5) is 4.39 Å². The Hall–Kier alpha value is -2.21. The van der Waals surface area contributed by atoms with Gasteiger partial charge in [0.05, 0.1) is 0 Å². The van der Waals surface area contributed by atoms with Crippen LogP contribution in [-0.2, 0) is 27.2 Å². The van der Waals surface area contributed by atoms with Crippen molar-refractivity contribution in [3.05, 3.63) is 68.2 Å². The summed E-state index contributed by atoms with van der Waals surface area (Å²) < 4.78 is 15.9. The summed E-state index contributed by atoms with van der Waals surface area (Å²) in [5, 5.41) is 3.03. The number of aromatic nitrogens is 2. The highest BCUT2D eigenvalue weighted by molar-refractivity contribution is 5.17. The summed E-state index contributed by atoms with van der Waals surface area (Å²) in [7, 11) is 3.03. The van der Waals surface area contributed by atoms with Crippen molar-refractivity contribution >= 4 is 0 Å². The summed E-state index contributed by atoms with van der Waals surface area (Å²) in [5.74, 6) is -0.280. The first-order valence-electron chi connectivity index (χ1n) is 6.20. The van der Waals surface area contributed by atoms with Crippen LogP contribution in [0.1, 0.15) is 11.3 Å². The number of halogens is 1. The SMILES string of the molecule is Cn1c(CNCc2ccccc2F)cc(=O)n(C)c1=O. The largest absolute Gasteiger partial charge is 0.330 e. The van der Waals surface area contributed by atoms with Gasteiger partial charge in [-0.15, -0.1) is 0 Å². The molecule has 0 saturated carbocycles. The second-order valence-corrected chi connectivity index (χ2v) is 4.57. The predicted octanol–water partition coefficient (Wildman–Crippen LogP) is 0.513. The maximum atomic E-state index is 13.4. The lowest BCUT2D eigenvalue weighted by Crippen LogP contribution is -2.39. The topological polar surface area (TPSA) is 56.0 Å². The molecule has 0 aliphatic carbocycles. The molecule has 0 atom stereocenters. The Balaban J connectivity index is 2.11. The molecule has 0 saturated heterocycles. The van der Waals surface area contributed by atoms with Gasteiger partial charge < -0.3 is 5.32 Å². The lowest BCUT2D eigenvalue weighted by molar-refractivity contribution is 0.570. The summed E-state index contributed by atoms with van der Waals surface area (Å²) >= 11 is 0. The third kappa shape index (κ3) is 2.85. The molecule has 0 aliphatic heterocycles. The molecule has 106 valence electrons. The van der Waals surface area contributed by atoms with Crippen molar-refractivity contribution in [3.8, 4) is 0 Å². The molecule has 5 nitrogen and oxygen atoms in total. The minimum absolute atomic E-state index is 0.280. The van der Waals surface area contributed by atoms with E-state index in [1.54, 1.807) is 25.2 Å². The fourth-order valence-electron chi connectivity index (χ4n) is 1.91. The molecule has 0 unspecified atom stereocenters. The van der Waals surface area contributed by atoms with E-state index in [4.69, 9.17) is 0 Å². The summed E-state index contributed by atoms with van der Waals surface area (Å²) in [5.41, 5.74) is 0.381. The summed E-state index contributed by atoms with van der Waals surface area (Å²) in [6.07, 6.45) is 0.